The molecule has 4 heteroatoms. The van der Waals surface area contributed by atoms with Crippen LogP contribution < -0.4 is 5.73 Å². The molecule has 0 aromatic heterocycles. The molecule has 1 saturated heterocycles. The first-order chi connectivity index (χ1) is 6.62. The Labute approximate surface area is 86.0 Å². The standard InChI is InChI=1S/C10H19NO2S/c11-6-9-4-5-14(12,13)7-10(9)8-2-1-3-8/h8-10H,1-7,11H2. The average Bonchev–Trinajstić information content (AvgIpc) is 2.00. The van der Waals surface area contributed by atoms with Gasteiger partial charge < -0.3 is 5.73 Å². The van der Waals surface area contributed by atoms with E-state index in [2.05, 4.69) is 0 Å². The van der Waals surface area contributed by atoms with Gasteiger partial charge in [0, 0.05) is 0 Å². The van der Waals surface area contributed by atoms with Gasteiger partial charge in [-0.05, 0) is 30.7 Å². The van der Waals surface area contributed by atoms with Crippen molar-refractivity contribution in [2.45, 2.75) is 25.7 Å². The second kappa shape index (κ2) is 3.81. The SMILES string of the molecule is NCC1CCS(=O)(=O)CC1C1CCC1. The van der Waals surface area contributed by atoms with Crippen molar-refractivity contribution >= 4 is 9.84 Å². The lowest BCUT2D eigenvalue weighted by molar-refractivity contribution is 0.156. The molecule has 2 N–H and O–H groups in total. The highest BCUT2D eigenvalue weighted by Crippen LogP contribution is 2.40. The fourth-order valence-electron chi connectivity index (χ4n) is 2.74. The molecular formula is C10H19NO2S. The highest BCUT2D eigenvalue weighted by Gasteiger charge is 2.39. The number of hydrogen-bond donors (Lipinski definition) is 1. The minimum Gasteiger partial charge on any atom is -0.330 e. The minimum absolute atomic E-state index is 0.359. The maximum absolute atomic E-state index is 11.5. The zero-order valence-corrected chi connectivity index (χ0v) is 9.30. The summed E-state index contributed by atoms with van der Waals surface area (Å²) in [5.74, 6) is 2.24. The van der Waals surface area contributed by atoms with Crippen LogP contribution in [0.5, 0.6) is 0 Å². The van der Waals surface area contributed by atoms with Gasteiger partial charge in [0.1, 0.15) is 0 Å². The monoisotopic (exact) mass is 217 g/mol. The van der Waals surface area contributed by atoms with Crippen molar-refractivity contribution in [2.75, 3.05) is 18.1 Å². The molecule has 0 aromatic carbocycles. The van der Waals surface area contributed by atoms with E-state index >= 15 is 0 Å². The lowest BCUT2D eigenvalue weighted by Gasteiger charge is -2.40. The van der Waals surface area contributed by atoms with Gasteiger partial charge in [-0.3, -0.25) is 0 Å². The van der Waals surface area contributed by atoms with Gasteiger partial charge in [-0.1, -0.05) is 19.3 Å². The second-order valence-corrected chi connectivity index (χ2v) is 6.98. The number of hydrogen-bond acceptors (Lipinski definition) is 3. The second-order valence-electron chi connectivity index (χ2n) is 4.75. The average molecular weight is 217 g/mol. The van der Waals surface area contributed by atoms with Crippen LogP contribution in [-0.2, 0) is 9.84 Å². The van der Waals surface area contributed by atoms with Crippen molar-refractivity contribution in [1.82, 2.24) is 0 Å². The fourth-order valence-corrected chi connectivity index (χ4v) is 4.70. The van der Waals surface area contributed by atoms with Gasteiger partial charge in [-0.25, -0.2) is 8.42 Å². The largest absolute Gasteiger partial charge is 0.330 e. The molecule has 0 spiro atoms. The molecule has 0 radical (unpaired) electrons. The summed E-state index contributed by atoms with van der Waals surface area (Å²) in [4.78, 5) is 0. The maximum atomic E-state index is 11.5. The van der Waals surface area contributed by atoms with Gasteiger partial charge >= 0.3 is 0 Å². The van der Waals surface area contributed by atoms with Gasteiger partial charge in [0.15, 0.2) is 9.84 Å². The van der Waals surface area contributed by atoms with Crippen LogP contribution in [0.1, 0.15) is 25.7 Å². The highest BCUT2D eigenvalue weighted by atomic mass is 32.2. The van der Waals surface area contributed by atoms with Crippen molar-refractivity contribution in [2.24, 2.45) is 23.5 Å². The van der Waals surface area contributed by atoms with E-state index in [0.29, 0.717) is 35.8 Å². The van der Waals surface area contributed by atoms with Crippen LogP contribution in [0, 0.1) is 17.8 Å². The van der Waals surface area contributed by atoms with E-state index in [4.69, 9.17) is 5.73 Å². The lowest BCUT2D eigenvalue weighted by Crippen LogP contribution is -2.42. The van der Waals surface area contributed by atoms with Crippen LogP contribution in [-0.4, -0.2) is 26.5 Å². The molecule has 1 aliphatic carbocycles. The summed E-state index contributed by atoms with van der Waals surface area (Å²) in [7, 11) is -2.75. The third-order valence-electron chi connectivity index (χ3n) is 3.91. The molecule has 1 heterocycles. The molecule has 2 atom stereocenters. The predicted octanol–water partition coefficient (Wildman–Crippen LogP) is 0.796. The summed E-state index contributed by atoms with van der Waals surface area (Å²) < 4.78 is 23.1. The summed E-state index contributed by atoms with van der Waals surface area (Å²) in [5, 5.41) is 0. The van der Waals surface area contributed by atoms with Crippen molar-refractivity contribution in [3.63, 3.8) is 0 Å². The number of nitrogens with two attached hydrogens (primary N) is 1. The predicted molar refractivity (Wildman–Crippen MR) is 56.6 cm³/mol. The Morgan fingerprint density at radius 1 is 1.21 bits per heavy atom. The van der Waals surface area contributed by atoms with Crippen molar-refractivity contribution in [3.8, 4) is 0 Å². The summed E-state index contributed by atoms with van der Waals surface area (Å²) in [6.45, 7) is 0.663. The maximum Gasteiger partial charge on any atom is 0.150 e. The van der Waals surface area contributed by atoms with Gasteiger partial charge in [-0.15, -0.1) is 0 Å². The third-order valence-corrected chi connectivity index (χ3v) is 5.66. The molecule has 2 aliphatic rings. The Hall–Kier alpha value is -0.0900. The van der Waals surface area contributed by atoms with E-state index in [1.165, 1.54) is 19.3 Å². The number of sulfone groups is 1. The molecule has 1 aliphatic heterocycles. The first kappa shape index (κ1) is 10.4. The van der Waals surface area contributed by atoms with Crippen LogP contribution in [0.4, 0.5) is 0 Å². The highest BCUT2D eigenvalue weighted by molar-refractivity contribution is 7.91. The summed E-state index contributed by atoms with van der Waals surface area (Å²) in [5.41, 5.74) is 5.70. The lowest BCUT2D eigenvalue weighted by atomic mass is 9.70. The molecule has 2 fully saturated rings. The van der Waals surface area contributed by atoms with Crippen LogP contribution >= 0.6 is 0 Å². The van der Waals surface area contributed by atoms with Crippen LogP contribution in [0.15, 0.2) is 0 Å². The summed E-state index contributed by atoms with van der Waals surface area (Å²) in [6, 6.07) is 0. The first-order valence-corrected chi connectivity index (χ1v) is 7.35. The van der Waals surface area contributed by atoms with Crippen LogP contribution in [0.3, 0.4) is 0 Å². The molecule has 0 bridgehead atoms. The molecule has 3 nitrogen and oxygen atoms in total. The van der Waals surface area contributed by atoms with Gasteiger partial charge in [0.2, 0.25) is 0 Å². The molecule has 82 valence electrons. The van der Waals surface area contributed by atoms with E-state index in [1.54, 1.807) is 0 Å². The van der Waals surface area contributed by atoms with Crippen LogP contribution in [0.2, 0.25) is 0 Å². The van der Waals surface area contributed by atoms with Gasteiger partial charge in [0.25, 0.3) is 0 Å². The smallest absolute Gasteiger partial charge is 0.150 e. The van der Waals surface area contributed by atoms with Gasteiger partial charge in [-0.2, -0.15) is 0 Å². The molecule has 1 saturated carbocycles. The Morgan fingerprint density at radius 3 is 2.43 bits per heavy atom. The van der Waals surface area contributed by atoms with Gasteiger partial charge in [0.05, 0.1) is 11.5 Å². The van der Waals surface area contributed by atoms with Crippen molar-refractivity contribution in [1.29, 1.82) is 0 Å². The quantitative estimate of drug-likeness (QED) is 0.744. The normalized spacial score (nSPS) is 37.8. The topological polar surface area (TPSA) is 60.2 Å². The number of rotatable bonds is 2. The van der Waals surface area contributed by atoms with E-state index < -0.39 is 9.84 Å². The molecule has 0 amide bonds. The van der Waals surface area contributed by atoms with E-state index in [0.717, 1.165) is 6.42 Å². The Kier molecular flexibility index (Phi) is 2.84. The van der Waals surface area contributed by atoms with E-state index in [1.807, 2.05) is 0 Å². The molecule has 14 heavy (non-hydrogen) atoms. The summed E-state index contributed by atoms with van der Waals surface area (Å²) >= 11 is 0. The Balaban J connectivity index is 2.07. The van der Waals surface area contributed by atoms with Crippen molar-refractivity contribution in [3.05, 3.63) is 0 Å². The first-order valence-electron chi connectivity index (χ1n) is 5.53. The molecular weight excluding hydrogens is 198 g/mol. The van der Waals surface area contributed by atoms with E-state index in [9.17, 15) is 8.42 Å². The zero-order chi connectivity index (χ0) is 10.2. The van der Waals surface area contributed by atoms with Crippen molar-refractivity contribution < 1.29 is 8.42 Å². The Bertz CT molecular complexity index is 295. The van der Waals surface area contributed by atoms with E-state index in [-0.39, 0.29) is 0 Å². The molecule has 2 rings (SSSR count). The third kappa shape index (κ3) is 1.96. The zero-order valence-electron chi connectivity index (χ0n) is 8.48. The van der Waals surface area contributed by atoms with Crippen LogP contribution in [0.25, 0.3) is 0 Å². The molecule has 2 unspecified atom stereocenters. The fraction of sp³-hybridized carbons (Fsp3) is 1.00. The minimum atomic E-state index is -2.75. The Morgan fingerprint density at radius 2 is 1.93 bits per heavy atom. The summed E-state index contributed by atoms with van der Waals surface area (Å²) in [6.07, 6.45) is 4.51. The molecule has 0 aromatic rings.